The van der Waals surface area contributed by atoms with Gasteiger partial charge in [-0.25, -0.2) is 0 Å². The van der Waals surface area contributed by atoms with E-state index in [-0.39, 0.29) is 17.6 Å². The Morgan fingerprint density at radius 3 is 2.76 bits per heavy atom. The van der Waals surface area contributed by atoms with Crippen LogP contribution >= 0.6 is 0 Å². The summed E-state index contributed by atoms with van der Waals surface area (Å²) in [7, 11) is 0. The summed E-state index contributed by atoms with van der Waals surface area (Å²) in [4.78, 5) is 22.2. The van der Waals surface area contributed by atoms with Crippen molar-refractivity contribution in [2.45, 2.75) is 19.3 Å². The normalized spacial score (nSPS) is 24.2. The van der Waals surface area contributed by atoms with E-state index in [1.807, 2.05) is 6.92 Å². The van der Waals surface area contributed by atoms with Crippen molar-refractivity contribution in [1.82, 2.24) is 0 Å². The molecule has 0 amide bonds. The molecule has 0 N–H and O–H groups in total. The van der Waals surface area contributed by atoms with Crippen LogP contribution in [0.5, 0.6) is 0 Å². The largest absolute Gasteiger partial charge is 0.465 e. The number of carbonyl (C=O) groups excluding carboxylic acids is 1. The van der Waals surface area contributed by atoms with Gasteiger partial charge in [-0.15, -0.1) is 0 Å². The van der Waals surface area contributed by atoms with Crippen LogP contribution in [0.15, 0.2) is 24.3 Å². The first-order chi connectivity index (χ1) is 8.11. The van der Waals surface area contributed by atoms with E-state index in [0.29, 0.717) is 12.2 Å². The standard InChI is InChI=1S/C12H13NO4/c1-8-6-7-17-12(14)11(8)9-4-2-3-5-10(9)13(15)16/h2-5,8,11H,6-7H2,1H3/t8-,11-/m0/s1. The number of ether oxygens (including phenoxy) is 1. The maximum atomic E-state index is 11.7. The molecule has 5 nitrogen and oxygen atoms in total. The Kier molecular flexibility index (Phi) is 3.08. The minimum Gasteiger partial charge on any atom is -0.465 e. The fraction of sp³-hybridized carbons (Fsp3) is 0.417. The van der Waals surface area contributed by atoms with Gasteiger partial charge in [-0.1, -0.05) is 25.1 Å². The highest BCUT2D eigenvalue weighted by atomic mass is 16.6. The van der Waals surface area contributed by atoms with Crippen molar-refractivity contribution in [3.63, 3.8) is 0 Å². The third-order valence-electron chi connectivity index (χ3n) is 3.11. The van der Waals surface area contributed by atoms with E-state index in [0.717, 1.165) is 6.42 Å². The Balaban J connectivity index is 2.44. The summed E-state index contributed by atoms with van der Waals surface area (Å²) in [6.07, 6.45) is 0.739. The van der Waals surface area contributed by atoms with Gasteiger partial charge in [-0.2, -0.15) is 0 Å². The second kappa shape index (κ2) is 4.53. The van der Waals surface area contributed by atoms with Gasteiger partial charge < -0.3 is 4.74 Å². The first-order valence-electron chi connectivity index (χ1n) is 5.51. The van der Waals surface area contributed by atoms with Crippen LogP contribution in [0, 0.1) is 16.0 Å². The van der Waals surface area contributed by atoms with Crippen LogP contribution in [0.2, 0.25) is 0 Å². The number of carbonyl (C=O) groups is 1. The van der Waals surface area contributed by atoms with Gasteiger partial charge in [0.15, 0.2) is 0 Å². The van der Waals surface area contributed by atoms with Gasteiger partial charge in [0, 0.05) is 11.6 Å². The Morgan fingerprint density at radius 2 is 2.12 bits per heavy atom. The number of benzene rings is 1. The maximum absolute atomic E-state index is 11.7. The molecule has 1 saturated heterocycles. The Hall–Kier alpha value is -1.91. The number of nitrogens with zero attached hydrogens (tertiary/aromatic N) is 1. The van der Waals surface area contributed by atoms with E-state index in [9.17, 15) is 14.9 Å². The smallest absolute Gasteiger partial charge is 0.313 e. The van der Waals surface area contributed by atoms with Crippen molar-refractivity contribution < 1.29 is 14.5 Å². The molecule has 1 aromatic rings. The minimum absolute atomic E-state index is 0.0109. The van der Waals surface area contributed by atoms with Crippen LogP contribution in [0.3, 0.4) is 0 Å². The monoisotopic (exact) mass is 235 g/mol. The molecule has 0 spiro atoms. The predicted octanol–water partition coefficient (Wildman–Crippen LogP) is 2.26. The Morgan fingerprint density at radius 1 is 1.41 bits per heavy atom. The van der Waals surface area contributed by atoms with Crippen LogP contribution in [-0.4, -0.2) is 17.5 Å². The van der Waals surface area contributed by atoms with Crippen LogP contribution in [0.1, 0.15) is 24.8 Å². The van der Waals surface area contributed by atoms with Crippen LogP contribution in [0.25, 0.3) is 0 Å². The van der Waals surface area contributed by atoms with Crippen LogP contribution < -0.4 is 0 Å². The molecule has 1 aromatic carbocycles. The van der Waals surface area contributed by atoms with Gasteiger partial charge in [-0.05, 0) is 12.3 Å². The number of para-hydroxylation sites is 1. The lowest BCUT2D eigenvalue weighted by atomic mass is 9.83. The van der Waals surface area contributed by atoms with Gasteiger partial charge in [0.05, 0.1) is 17.4 Å². The molecule has 0 unspecified atom stereocenters. The summed E-state index contributed by atoms with van der Waals surface area (Å²) in [6, 6.07) is 6.35. The van der Waals surface area contributed by atoms with E-state index in [4.69, 9.17) is 4.74 Å². The topological polar surface area (TPSA) is 69.4 Å². The van der Waals surface area contributed by atoms with Crippen molar-refractivity contribution in [1.29, 1.82) is 0 Å². The molecule has 1 fully saturated rings. The molecule has 2 atom stereocenters. The molecule has 0 radical (unpaired) electrons. The highest BCUT2D eigenvalue weighted by Gasteiger charge is 2.36. The zero-order chi connectivity index (χ0) is 12.4. The number of esters is 1. The predicted molar refractivity (Wildman–Crippen MR) is 60.6 cm³/mol. The molecule has 0 bridgehead atoms. The number of rotatable bonds is 2. The van der Waals surface area contributed by atoms with Crippen LogP contribution in [-0.2, 0) is 9.53 Å². The van der Waals surface area contributed by atoms with Gasteiger partial charge in [0.25, 0.3) is 5.69 Å². The van der Waals surface area contributed by atoms with Crippen molar-refractivity contribution in [3.05, 3.63) is 39.9 Å². The number of nitro benzene ring substituents is 1. The number of cyclic esters (lactones) is 1. The van der Waals surface area contributed by atoms with Gasteiger partial charge in [0.2, 0.25) is 0 Å². The fourth-order valence-corrected chi connectivity index (χ4v) is 2.18. The summed E-state index contributed by atoms with van der Waals surface area (Å²) in [5.41, 5.74) is 0.443. The lowest BCUT2D eigenvalue weighted by molar-refractivity contribution is -0.385. The summed E-state index contributed by atoms with van der Waals surface area (Å²) in [6.45, 7) is 2.32. The summed E-state index contributed by atoms with van der Waals surface area (Å²) in [5.74, 6) is -0.819. The first kappa shape index (κ1) is 11.6. The first-order valence-corrected chi connectivity index (χ1v) is 5.51. The third-order valence-corrected chi connectivity index (χ3v) is 3.11. The van der Waals surface area contributed by atoms with Crippen molar-refractivity contribution in [2.75, 3.05) is 6.61 Å². The van der Waals surface area contributed by atoms with E-state index in [1.165, 1.54) is 6.07 Å². The van der Waals surface area contributed by atoms with E-state index >= 15 is 0 Å². The van der Waals surface area contributed by atoms with Gasteiger partial charge in [-0.3, -0.25) is 14.9 Å². The SMILES string of the molecule is C[C@H]1CCOC(=O)[C@@H]1c1ccccc1[N+](=O)[O-]. The zero-order valence-electron chi connectivity index (χ0n) is 9.46. The van der Waals surface area contributed by atoms with Crippen molar-refractivity contribution in [3.8, 4) is 0 Å². The van der Waals surface area contributed by atoms with Crippen LogP contribution in [0.4, 0.5) is 5.69 Å². The molecule has 0 saturated carbocycles. The summed E-state index contributed by atoms with van der Waals surface area (Å²) in [5, 5.41) is 10.9. The summed E-state index contributed by atoms with van der Waals surface area (Å²) >= 11 is 0. The minimum atomic E-state index is -0.523. The number of hydrogen-bond donors (Lipinski definition) is 0. The molecule has 5 heteroatoms. The molecule has 90 valence electrons. The van der Waals surface area contributed by atoms with Crippen molar-refractivity contribution >= 4 is 11.7 Å². The summed E-state index contributed by atoms with van der Waals surface area (Å²) < 4.78 is 4.99. The van der Waals surface area contributed by atoms with Crippen molar-refractivity contribution in [2.24, 2.45) is 5.92 Å². The Labute approximate surface area is 98.5 Å². The molecule has 17 heavy (non-hydrogen) atoms. The lowest BCUT2D eigenvalue weighted by Crippen LogP contribution is -2.29. The third kappa shape index (κ3) is 2.13. The quantitative estimate of drug-likeness (QED) is 0.448. The average Bonchev–Trinajstić information content (AvgIpc) is 2.29. The molecular formula is C12H13NO4. The number of nitro groups is 1. The molecule has 1 aliphatic rings. The van der Waals surface area contributed by atoms with E-state index in [2.05, 4.69) is 0 Å². The second-order valence-corrected chi connectivity index (χ2v) is 4.23. The lowest BCUT2D eigenvalue weighted by Gasteiger charge is -2.27. The highest BCUT2D eigenvalue weighted by molar-refractivity contribution is 5.80. The Bertz CT molecular complexity index is 458. The molecule has 0 aromatic heterocycles. The van der Waals surface area contributed by atoms with Gasteiger partial charge >= 0.3 is 5.97 Å². The molecule has 1 aliphatic heterocycles. The zero-order valence-corrected chi connectivity index (χ0v) is 9.46. The van der Waals surface area contributed by atoms with E-state index < -0.39 is 10.8 Å². The van der Waals surface area contributed by atoms with E-state index in [1.54, 1.807) is 18.2 Å². The second-order valence-electron chi connectivity index (χ2n) is 4.23. The molecule has 0 aliphatic carbocycles. The highest BCUT2D eigenvalue weighted by Crippen LogP contribution is 2.36. The molecule has 2 rings (SSSR count). The fourth-order valence-electron chi connectivity index (χ4n) is 2.18. The molecular weight excluding hydrogens is 222 g/mol. The maximum Gasteiger partial charge on any atom is 0.313 e. The van der Waals surface area contributed by atoms with Gasteiger partial charge in [0.1, 0.15) is 0 Å². The average molecular weight is 235 g/mol. The number of hydrogen-bond acceptors (Lipinski definition) is 4. The molecule has 1 heterocycles.